The van der Waals surface area contributed by atoms with E-state index in [-0.39, 0.29) is 5.56 Å². The van der Waals surface area contributed by atoms with Crippen LogP contribution >= 0.6 is 11.6 Å². The fourth-order valence-corrected chi connectivity index (χ4v) is 3.64. The largest absolute Gasteiger partial charge is 0.383 e. The first-order chi connectivity index (χ1) is 14.0. The predicted octanol–water partition coefficient (Wildman–Crippen LogP) is 5.77. The Morgan fingerprint density at radius 1 is 1.03 bits per heavy atom. The molecule has 4 aromatic rings. The molecule has 2 heterocycles. The Morgan fingerprint density at radius 3 is 2.45 bits per heavy atom. The van der Waals surface area contributed by atoms with Crippen molar-refractivity contribution in [3.8, 4) is 22.4 Å². The van der Waals surface area contributed by atoms with Crippen LogP contribution < -0.4 is 0 Å². The number of pyridine rings is 1. The molecule has 0 aliphatic carbocycles. The number of hydrogen-bond donors (Lipinski definition) is 1. The Bertz CT molecular complexity index is 1160. The van der Waals surface area contributed by atoms with Gasteiger partial charge in [-0.3, -0.25) is 4.98 Å². The molecule has 0 saturated carbocycles. The molecular weight excluding hydrogens is 394 g/mol. The van der Waals surface area contributed by atoms with Gasteiger partial charge in [0.25, 0.3) is 0 Å². The van der Waals surface area contributed by atoms with Crippen molar-refractivity contribution >= 4 is 11.6 Å². The van der Waals surface area contributed by atoms with Crippen LogP contribution in [0, 0.1) is 11.6 Å². The summed E-state index contributed by atoms with van der Waals surface area (Å²) in [6.07, 6.45) is 3.85. The highest BCUT2D eigenvalue weighted by molar-refractivity contribution is 6.30. The average Bonchev–Trinajstić information content (AvgIpc) is 3.05. The zero-order valence-electron chi connectivity index (χ0n) is 15.5. The van der Waals surface area contributed by atoms with Gasteiger partial charge in [-0.2, -0.15) is 0 Å². The van der Waals surface area contributed by atoms with Crippen molar-refractivity contribution < 1.29 is 13.9 Å². The number of hydrogen-bond acceptors (Lipinski definition) is 2. The molecule has 1 unspecified atom stereocenters. The second-order valence-corrected chi connectivity index (χ2v) is 7.17. The van der Waals surface area contributed by atoms with E-state index < -0.39 is 17.7 Å². The van der Waals surface area contributed by atoms with Crippen molar-refractivity contribution in [3.05, 3.63) is 101 Å². The number of rotatable bonds is 4. The molecule has 0 amide bonds. The lowest BCUT2D eigenvalue weighted by molar-refractivity contribution is 0.221. The molecular formula is C23H17ClF2N2O. The lowest BCUT2D eigenvalue weighted by Crippen LogP contribution is -2.04. The van der Waals surface area contributed by atoms with Crippen molar-refractivity contribution in [3.63, 3.8) is 0 Å². The third-order valence-electron chi connectivity index (χ3n) is 4.83. The number of aromatic nitrogens is 2. The average molecular weight is 411 g/mol. The molecule has 29 heavy (non-hydrogen) atoms. The molecule has 0 aliphatic heterocycles. The maximum atomic E-state index is 14.6. The smallest absolute Gasteiger partial charge is 0.134 e. The minimum Gasteiger partial charge on any atom is -0.383 e. The van der Waals surface area contributed by atoms with Gasteiger partial charge in [0, 0.05) is 59.0 Å². The van der Waals surface area contributed by atoms with E-state index in [0.29, 0.717) is 27.4 Å². The van der Waals surface area contributed by atoms with Gasteiger partial charge >= 0.3 is 0 Å². The zero-order chi connectivity index (χ0) is 20.5. The van der Waals surface area contributed by atoms with Gasteiger partial charge < -0.3 is 9.67 Å². The second-order valence-electron chi connectivity index (χ2n) is 6.74. The molecule has 146 valence electrons. The first kappa shape index (κ1) is 19.3. The Balaban J connectivity index is 1.99. The second kappa shape index (κ2) is 7.78. The molecule has 0 spiro atoms. The molecule has 1 atom stereocenters. The zero-order valence-corrected chi connectivity index (χ0v) is 16.2. The standard InChI is InChI=1S/C23H17ClF2N2O/c1-28-13-19(18-9-8-17(25)11-20(18)26)21(23(29)15-3-2-10-27-12-15)22(28)14-4-6-16(24)7-5-14/h2-13,23,29H,1H3. The monoisotopic (exact) mass is 410 g/mol. The molecule has 2 aromatic carbocycles. The summed E-state index contributed by atoms with van der Waals surface area (Å²) in [6, 6.07) is 14.1. The van der Waals surface area contributed by atoms with Crippen molar-refractivity contribution in [2.75, 3.05) is 0 Å². The van der Waals surface area contributed by atoms with Crippen molar-refractivity contribution in [2.24, 2.45) is 7.05 Å². The summed E-state index contributed by atoms with van der Waals surface area (Å²) >= 11 is 6.02. The minimum absolute atomic E-state index is 0.208. The van der Waals surface area contributed by atoms with Crippen LogP contribution in [0.2, 0.25) is 5.02 Å². The number of aliphatic hydroxyl groups is 1. The van der Waals surface area contributed by atoms with Gasteiger partial charge in [0.1, 0.15) is 17.7 Å². The van der Waals surface area contributed by atoms with Crippen LogP contribution in [0.4, 0.5) is 8.78 Å². The van der Waals surface area contributed by atoms with Gasteiger partial charge in [0.05, 0.1) is 5.69 Å². The predicted molar refractivity (Wildman–Crippen MR) is 110 cm³/mol. The number of benzene rings is 2. The van der Waals surface area contributed by atoms with Crippen LogP contribution in [-0.4, -0.2) is 14.7 Å². The van der Waals surface area contributed by atoms with E-state index in [0.717, 1.165) is 11.6 Å². The van der Waals surface area contributed by atoms with E-state index in [2.05, 4.69) is 4.98 Å². The van der Waals surface area contributed by atoms with Crippen molar-refractivity contribution in [1.82, 2.24) is 9.55 Å². The number of aliphatic hydroxyl groups excluding tert-OH is 1. The topological polar surface area (TPSA) is 38.0 Å². The maximum Gasteiger partial charge on any atom is 0.134 e. The van der Waals surface area contributed by atoms with Crippen LogP contribution in [0.15, 0.2) is 73.2 Å². The highest BCUT2D eigenvalue weighted by atomic mass is 35.5. The summed E-state index contributed by atoms with van der Waals surface area (Å²) in [7, 11) is 1.81. The minimum atomic E-state index is -1.06. The molecule has 0 bridgehead atoms. The van der Waals surface area contributed by atoms with Gasteiger partial charge in [0.15, 0.2) is 0 Å². The third-order valence-corrected chi connectivity index (χ3v) is 5.09. The van der Waals surface area contributed by atoms with E-state index in [4.69, 9.17) is 11.6 Å². The van der Waals surface area contributed by atoms with Gasteiger partial charge in [-0.1, -0.05) is 29.8 Å². The van der Waals surface area contributed by atoms with Gasteiger partial charge in [0.2, 0.25) is 0 Å². The normalized spacial score (nSPS) is 12.2. The highest BCUT2D eigenvalue weighted by Gasteiger charge is 2.26. The fraction of sp³-hybridized carbons (Fsp3) is 0.0870. The molecule has 0 aliphatic rings. The summed E-state index contributed by atoms with van der Waals surface area (Å²) < 4.78 is 29.9. The van der Waals surface area contributed by atoms with E-state index in [1.54, 1.807) is 42.9 Å². The summed E-state index contributed by atoms with van der Waals surface area (Å²) in [6.45, 7) is 0. The van der Waals surface area contributed by atoms with E-state index >= 15 is 0 Å². The van der Waals surface area contributed by atoms with E-state index in [1.165, 1.54) is 12.1 Å². The SMILES string of the molecule is Cn1cc(-c2ccc(F)cc2F)c(C(O)c2cccnc2)c1-c1ccc(Cl)cc1. The lowest BCUT2D eigenvalue weighted by Gasteiger charge is -2.16. The first-order valence-electron chi connectivity index (χ1n) is 8.94. The Kier molecular flexibility index (Phi) is 5.18. The summed E-state index contributed by atoms with van der Waals surface area (Å²) in [5.74, 6) is -1.35. The molecule has 2 aromatic heterocycles. The van der Waals surface area contributed by atoms with Crippen LogP contribution in [0.5, 0.6) is 0 Å². The number of aryl methyl sites for hydroxylation is 1. The molecule has 0 radical (unpaired) electrons. The third kappa shape index (κ3) is 3.67. The van der Waals surface area contributed by atoms with Gasteiger partial charge in [-0.05, 0) is 35.9 Å². The molecule has 1 N–H and O–H groups in total. The van der Waals surface area contributed by atoms with E-state index in [9.17, 15) is 13.9 Å². The van der Waals surface area contributed by atoms with E-state index in [1.807, 2.05) is 23.7 Å². The lowest BCUT2D eigenvalue weighted by atomic mass is 9.93. The molecule has 4 rings (SSSR count). The fourth-order valence-electron chi connectivity index (χ4n) is 3.52. The maximum absolute atomic E-state index is 14.6. The van der Waals surface area contributed by atoms with Crippen LogP contribution in [0.1, 0.15) is 17.2 Å². The Hall–Kier alpha value is -3.02. The first-order valence-corrected chi connectivity index (χ1v) is 9.32. The van der Waals surface area contributed by atoms with Gasteiger partial charge in [-0.25, -0.2) is 8.78 Å². The quantitative estimate of drug-likeness (QED) is 0.464. The molecule has 0 saturated heterocycles. The number of nitrogens with zero attached hydrogens (tertiary/aromatic N) is 2. The van der Waals surface area contributed by atoms with Gasteiger partial charge in [-0.15, -0.1) is 0 Å². The Labute approximate surface area is 171 Å². The highest BCUT2D eigenvalue weighted by Crippen LogP contribution is 2.41. The Morgan fingerprint density at radius 2 is 1.79 bits per heavy atom. The van der Waals surface area contributed by atoms with Crippen LogP contribution in [0.3, 0.4) is 0 Å². The summed E-state index contributed by atoms with van der Waals surface area (Å²) in [4.78, 5) is 4.08. The number of halogens is 3. The molecule has 3 nitrogen and oxygen atoms in total. The van der Waals surface area contributed by atoms with Crippen LogP contribution in [-0.2, 0) is 7.05 Å². The molecule has 6 heteroatoms. The summed E-state index contributed by atoms with van der Waals surface area (Å²) in [5.41, 5.74) is 3.28. The summed E-state index contributed by atoms with van der Waals surface area (Å²) in [5, 5.41) is 11.8. The van der Waals surface area contributed by atoms with Crippen LogP contribution in [0.25, 0.3) is 22.4 Å². The van der Waals surface area contributed by atoms with Crippen molar-refractivity contribution in [1.29, 1.82) is 0 Å². The molecule has 0 fully saturated rings. The van der Waals surface area contributed by atoms with Crippen molar-refractivity contribution in [2.45, 2.75) is 6.10 Å².